The van der Waals surface area contributed by atoms with E-state index < -0.39 is 10.2 Å². The molecule has 1 aliphatic carbocycles. The van der Waals surface area contributed by atoms with Crippen LogP contribution in [-0.2, 0) is 10.2 Å². The van der Waals surface area contributed by atoms with E-state index in [-0.39, 0.29) is 24.6 Å². The maximum atomic E-state index is 12.5. The number of rotatable bonds is 9. The second-order valence-corrected chi connectivity index (χ2v) is 11.1. The number of nitrogens with zero attached hydrogens (tertiary/aromatic N) is 3. The predicted octanol–water partition coefficient (Wildman–Crippen LogP) is 1.99. The highest BCUT2D eigenvalue weighted by Crippen LogP contribution is 2.24. The fraction of sp³-hybridized carbons (Fsp3) is 0.440. The Morgan fingerprint density at radius 3 is 2.64 bits per heavy atom. The first kappa shape index (κ1) is 24.7. The molecule has 36 heavy (non-hydrogen) atoms. The minimum Gasteiger partial charge on any atom is -0.393 e. The van der Waals surface area contributed by atoms with Crippen LogP contribution in [0.3, 0.4) is 0 Å². The summed E-state index contributed by atoms with van der Waals surface area (Å²) in [7, 11) is -3.74. The van der Waals surface area contributed by atoms with Gasteiger partial charge in [-0.25, -0.2) is 4.98 Å². The van der Waals surface area contributed by atoms with Crippen LogP contribution in [0.15, 0.2) is 48.8 Å². The number of aliphatic hydroxyl groups is 1. The van der Waals surface area contributed by atoms with Gasteiger partial charge in [0.05, 0.1) is 23.0 Å². The Bertz CT molecular complexity index is 1330. The average Bonchev–Trinajstić information content (AvgIpc) is 3.26. The maximum absolute atomic E-state index is 12.5. The van der Waals surface area contributed by atoms with E-state index >= 15 is 0 Å². The SMILES string of the molecule is O=C(NC1CCC1)c1ccc2nc(-c3cccc(NS(=O)(=O)NCCN4CCC(O)CC4)c3)cn2c1. The molecule has 192 valence electrons. The fourth-order valence-corrected chi connectivity index (χ4v) is 5.37. The molecule has 1 amide bonds. The zero-order chi connectivity index (χ0) is 25.1. The van der Waals surface area contributed by atoms with Crippen LogP contribution in [0, 0.1) is 0 Å². The van der Waals surface area contributed by atoms with Crippen molar-refractivity contribution >= 4 is 27.5 Å². The number of aliphatic hydroxyl groups excluding tert-OH is 1. The summed E-state index contributed by atoms with van der Waals surface area (Å²) in [5, 5.41) is 12.6. The monoisotopic (exact) mass is 512 g/mol. The lowest BCUT2D eigenvalue weighted by Gasteiger charge is -2.29. The van der Waals surface area contributed by atoms with E-state index in [0.29, 0.717) is 29.1 Å². The quantitative estimate of drug-likeness (QED) is 0.347. The third-order valence-corrected chi connectivity index (χ3v) is 7.93. The van der Waals surface area contributed by atoms with E-state index in [4.69, 9.17) is 0 Å². The Labute approximate surface area is 210 Å². The van der Waals surface area contributed by atoms with Gasteiger partial charge in [-0.15, -0.1) is 0 Å². The summed E-state index contributed by atoms with van der Waals surface area (Å²) in [6.45, 7) is 2.41. The van der Waals surface area contributed by atoms with Crippen molar-refractivity contribution in [3.8, 4) is 11.3 Å². The van der Waals surface area contributed by atoms with Crippen LogP contribution in [0.25, 0.3) is 16.9 Å². The van der Waals surface area contributed by atoms with Gasteiger partial charge in [0.15, 0.2) is 0 Å². The maximum Gasteiger partial charge on any atom is 0.299 e. The van der Waals surface area contributed by atoms with Crippen molar-refractivity contribution in [1.29, 1.82) is 0 Å². The van der Waals surface area contributed by atoms with E-state index in [1.54, 1.807) is 36.5 Å². The summed E-state index contributed by atoms with van der Waals surface area (Å²) in [6, 6.07) is 10.9. The minimum atomic E-state index is -3.74. The van der Waals surface area contributed by atoms with E-state index in [2.05, 4.69) is 24.6 Å². The van der Waals surface area contributed by atoms with Crippen LogP contribution in [0.5, 0.6) is 0 Å². The van der Waals surface area contributed by atoms with E-state index in [0.717, 1.165) is 50.8 Å². The van der Waals surface area contributed by atoms with Gasteiger partial charge >= 0.3 is 0 Å². The molecule has 2 aliphatic rings. The number of hydrogen-bond donors (Lipinski definition) is 4. The number of carbonyl (C=O) groups excluding carboxylic acids is 1. The highest BCUT2D eigenvalue weighted by atomic mass is 32.2. The van der Waals surface area contributed by atoms with E-state index in [1.165, 1.54) is 0 Å². The number of pyridine rings is 1. The van der Waals surface area contributed by atoms with Crippen LogP contribution in [-0.4, -0.2) is 72.0 Å². The predicted molar refractivity (Wildman–Crippen MR) is 138 cm³/mol. The first-order chi connectivity index (χ1) is 17.3. The number of benzene rings is 1. The van der Waals surface area contributed by atoms with E-state index in [1.807, 2.05) is 16.7 Å². The van der Waals surface area contributed by atoms with Gasteiger partial charge in [-0.05, 0) is 56.4 Å². The molecule has 1 aromatic carbocycles. The van der Waals surface area contributed by atoms with Gasteiger partial charge < -0.3 is 19.7 Å². The van der Waals surface area contributed by atoms with Crippen LogP contribution < -0.4 is 14.8 Å². The van der Waals surface area contributed by atoms with Gasteiger partial charge in [-0.1, -0.05) is 12.1 Å². The molecule has 5 rings (SSSR count). The third-order valence-electron chi connectivity index (χ3n) is 6.84. The van der Waals surface area contributed by atoms with Gasteiger partial charge in [-0.2, -0.15) is 13.1 Å². The number of anilines is 1. The fourth-order valence-electron chi connectivity index (χ4n) is 4.50. The molecule has 0 unspecified atom stereocenters. The number of hydrogen-bond acceptors (Lipinski definition) is 6. The molecule has 0 radical (unpaired) electrons. The number of aromatic nitrogens is 2. The molecule has 0 atom stereocenters. The molecule has 1 saturated heterocycles. The van der Waals surface area contributed by atoms with E-state index in [9.17, 15) is 18.3 Å². The standard InChI is InChI=1S/C25H32N6O4S/c32-22-9-12-30(13-10-22)14-11-26-36(34,35)29-21-6-1-3-18(15-21)23-17-31-16-19(7-8-24(31)28-23)25(33)27-20-4-2-5-20/h1,3,6-8,15-17,20,22,26,29,32H,2,4-5,9-14H2,(H,27,33). The molecular formula is C25H32N6O4S. The number of fused-ring (bicyclic) bond motifs is 1. The Morgan fingerprint density at radius 1 is 1.08 bits per heavy atom. The lowest BCUT2D eigenvalue weighted by atomic mass is 9.93. The molecule has 10 nitrogen and oxygen atoms in total. The van der Waals surface area contributed by atoms with Crippen molar-refractivity contribution in [1.82, 2.24) is 24.3 Å². The first-order valence-electron chi connectivity index (χ1n) is 12.4. The largest absolute Gasteiger partial charge is 0.393 e. The van der Waals surface area contributed by atoms with Crippen LogP contribution in [0.2, 0.25) is 0 Å². The summed E-state index contributed by atoms with van der Waals surface area (Å²) < 4.78 is 32.1. The Morgan fingerprint density at radius 2 is 1.89 bits per heavy atom. The molecule has 3 aromatic rings. The van der Waals surface area contributed by atoms with Gasteiger partial charge in [0.25, 0.3) is 16.1 Å². The second kappa shape index (κ2) is 10.6. The number of imidazole rings is 1. The summed E-state index contributed by atoms with van der Waals surface area (Å²) in [5.41, 5.74) is 3.13. The van der Waals surface area contributed by atoms with Gasteiger partial charge in [0, 0.05) is 50.2 Å². The Hall–Kier alpha value is -2.99. The highest BCUT2D eigenvalue weighted by Gasteiger charge is 2.21. The highest BCUT2D eigenvalue weighted by molar-refractivity contribution is 7.90. The molecule has 2 aromatic heterocycles. The summed E-state index contributed by atoms with van der Waals surface area (Å²) >= 11 is 0. The van der Waals surface area contributed by atoms with Gasteiger partial charge in [0.2, 0.25) is 0 Å². The van der Waals surface area contributed by atoms with Crippen molar-refractivity contribution in [2.24, 2.45) is 0 Å². The van der Waals surface area contributed by atoms with Crippen LogP contribution in [0.4, 0.5) is 5.69 Å². The lowest BCUT2D eigenvalue weighted by Crippen LogP contribution is -2.41. The van der Waals surface area contributed by atoms with Crippen molar-refractivity contribution < 1.29 is 18.3 Å². The van der Waals surface area contributed by atoms with Crippen molar-refractivity contribution in [2.75, 3.05) is 30.9 Å². The van der Waals surface area contributed by atoms with Gasteiger partial charge in [-0.3, -0.25) is 9.52 Å². The Balaban J connectivity index is 1.22. The first-order valence-corrected chi connectivity index (χ1v) is 13.9. The van der Waals surface area contributed by atoms with Crippen molar-refractivity contribution in [3.05, 3.63) is 54.4 Å². The molecule has 0 spiro atoms. The lowest BCUT2D eigenvalue weighted by molar-refractivity contribution is 0.0836. The van der Waals surface area contributed by atoms with Gasteiger partial charge in [0.1, 0.15) is 5.65 Å². The number of amides is 1. The summed E-state index contributed by atoms with van der Waals surface area (Å²) in [6.07, 6.45) is 8.00. The zero-order valence-electron chi connectivity index (χ0n) is 20.1. The van der Waals surface area contributed by atoms with Crippen LogP contribution in [0.1, 0.15) is 42.5 Å². The summed E-state index contributed by atoms with van der Waals surface area (Å²) in [4.78, 5) is 19.3. The zero-order valence-corrected chi connectivity index (χ0v) is 20.9. The van der Waals surface area contributed by atoms with Crippen molar-refractivity contribution in [3.63, 3.8) is 0 Å². The number of carbonyl (C=O) groups is 1. The van der Waals surface area contributed by atoms with Crippen molar-refractivity contribution in [2.45, 2.75) is 44.2 Å². The molecule has 2 fully saturated rings. The Kier molecular flexibility index (Phi) is 7.24. The number of likely N-dealkylation sites (tertiary alicyclic amines) is 1. The third kappa shape index (κ3) is 6.04. The van der Waals surface area contributed by atoms with Crippen LogP contribution >= 0.6 is 0 Å². The second-order valence-electron chi connectivity index (χ2n) is 9.56. The molecular weight excluding hydrogens is 480 g/mol. The normalized spacial score (nSPS) is 17.7. The topological polar surface area (TPSA) is 128 Å². The molecule has 1 saturated carbocycles. The molecule has 1 aliphatic heterocycles. The summed E-state index contributed by atoms with van der Waals surface area (Å²) in [5.74, 6) is -0.0846. The molecule has 11 heteroatoms. The smallest absolute Gasteiger partial charge is 0.299 e. The number of nitrogens with one attached hydrogen (secondary N) is 3. The molecule has 4 N–H and O–H groups in total. The number of piperidine rings is 1. The minimum absolute atomic E-state index is 0.0846. The average molecular weight is 513 g/mol. The molecule has 3 heterocycles. The molecule has 0 bridgehead atoms.